The number of benzene rings is 2. The number of hydrazine groups is 1. The van der Waals surface area contributed by atoms with Gasteiger partial charge in [0.15, 0.2) is 0 Å². The molecule has 1 aliphatic heterocycles. The van der Waals surface area contributed by atoms with Gasteiger partial charge in [0.25, 0.3) is 5.56 Å². The summed E-state index contributed by atoms with van der Waals surface area (Å²) in [5.74, 6) is -0.131. The fraction of sp³-hybridized carbons (Fsp3) is 0.111. The van der Waals surface area contributed by atoms with Gasteiger partial charge in [0.05, 0.1) is 28.7 Å². The fourth-order valence-corrected chi connectivity index (χ4v) is 3.57. The minimum Gasteiger partial charge on any atom is -0.320 e. The number of anilines is 1. The second-order valence-corrected chi connectivity index (χ2v) is 6.31. The highest BCUT2D eigenvalue weighted by atomic mass is 19.1. The number of aromatic amines is 2. The normalized spacial score (nSPS) is 18.9. The van der Waals surface area contributed by atoms with E-state index in [4.69, 9.17) is 0 Å². The van der Waals surface area contributed by atoms with Crippen LogP contribution in [0, 0.1) is 5.82 Å². The molecule has 1 aliphatic rings. The largest absolute Gasteiger partial charge is 0.320 e. The van der Waals surface area contributed by atoms with Gasteiger partial charge in [0, 0.05) is 5.39 Å². The monoisotopic (exact) mass is 363 g/mol. The maximum atomic E-state index is 13.4. The summed E-state index contributed by atoms with van der Waals surface area (Å²) in [5.41, 5.74) is 8.38. The molecule has 2 unspecified atom stereocenters. The van der Waals surface area contributed by atoms with Crippen molar-refractivity contribution in [2.24, 2.45) is 0 Å². The zero-order chi connectivity index (χ0) is 18.4. The summed E-state index contributed by atoms with van der Waals surface area (Å²) < 4.78 is 13.4. The molecule has 2 atom stereocenters. The second-order valence-electron chi connectivity index (χ2n) is 6.31. The Kier molecular flexibility index (Phi) is 3.47. The molecule has 0 spiro atoms. The highest BCUT2D eigenvalue weighted by Gasteiger charge is 2.35. The lowest BCUT2D eigenvalue weighted by Gasteiger charge is -2.24. The maximum Gasteiger partial charge on any atom is 0.272 e. The quantitative estimate of drug-likeness (QED) is 0.433. The van der Waals surface area contributed by atoms with Crippen molar-refractivity contribution in [3.8, 4) is 0 Å². The number of aromatic nitrogens is 5. The molecule has 4 aromatic rings. The van der Waals surface area contributed by atoms with Crippen molar-refractivity contribution in [3.05, 3.63) is 82.0 Å². The van der Waals surface area contributed by atoms with E-state index in [1.807, 2.05) is 6.07 Å². The van der Waals surface area contributed by atoms with Crippen molar-refractivity contribution in [2.75, 3.05) is 5.43 Å². The van der Waals surface area contributed by atoms with Crippen LogP contribution in [0.1, 0.15) is 29.0 Å². The van der Waals surface area contributed by atoms with E-state index in [1.54, 1.807) is 24.3 Å². The molecule has 4 N–H and O–H groups in total. The van der Waals surface area contributed by atoms with Gasteiger partial charge in [-0.1, -0.05) is 18.2 Å². The van der Waals surface area contributed by atoms with E-state index in [2.05, 4.69) is 36.2 Å². The Labute approximate surface area is 151 Å². The zero-order valence-corrected chi connectivity index (χ0v) is 13.9. The number of H-pyrrole nitrogens is 2. The maximum absolute atomic E-state index is 13.4. The standard InChI is InChI=1S/C18H14FN7O/c19-10-6-4-9(5-7-10)15-14(17-20-8-21-25-17)16-13-11(18(27)26-24-16)2-1-3-12(13)22-23-15/h1-8,14-15,22-23H,(H,26,27)(H,20,21,25). The average molecular weight is 363 g/mol. The number of nitrogens with zero attached hydrogens (tertiary/aromatic N) is 3. The van der Waals surface area contributed by atoms with E-state index in [0.29, 0.717) is 22.3 Å². The Hall–Kier alpha value is -3.59. The Morgan fingerprint density at radius 3 is 2.67 bits per heavy atom. The molecule has 3 heterocycles. The number of hydrogen-bond donors (Lipinski definition) is 4. The van der Waals surface area contributed by atoms with Crippen LogP contribution in [-0.4, -0.2) is 25.4 Å². The first-order valence-electron chi connectivity index (χ1n) is 8.36. The van der Waals surface area contributed by atoms with Crippen molar-refractivity contribution in [1.82, 2.24) is 30.8 Å². The van der Waals surface area contributed by atoms with Crippen LogP contribution in [0.3, 0.4) is 0 Å². The van der Waals surface area contributed by atoms with Gasteiger partial charge in [-0.05, 0) is 29.8 Å². The van der Waals surface area contributed by atoms with E-state index >= 15 is 0 Å². The van der Waals surface area contributed by atoms with Crippen molar-refractivity contribution in [3.63, 3.8) is 0 Å². The fourth-order valence-electron chi connectivity index (χ4n) is 3.57. The number of rotatable bonds is 2. The van der Waals surface area contributed by atoms with Gasteiger partial charge in [-0.15, -0.1) is 0 Å². The summed E-state index contributed by atoms with van der Waals surface area (Å²) in [6, 6.07) is 11.3. The molecule has 0 saturated carbocycles. The Morgan fingerprint density at radius 1 is 1.04 bits per heavy atom. The van der Waals surface area contributed by atoms with Crippen molar-refractivity contribution in [1.29, 1.82) is 0 Å². The summed E-state index contributed by atoms with van der Waals surface area (Å²) in [6.45, 7) is 0. The summed E-state index contributed by atoms with van der Waals surface area (Å²) in [5, 5.41) is 15.0. The van der Waals surface area contributed by atoms with Gasteiger partial charge in [-0.3, -0.25) is 9.89 Å². The van der Waals surface area contributed by atoms with Gasteiger partial charge >= 0.3 is 0 Å². The molecule has 134 valence electrons. The minimum atomic E-state index is -0.395. The van der Waals surface area contributed by atoms with Gasteiger partial charge in [-0.2, -0.15) is 10.2 Å². The molecule has 2 aromatic heterocycles. The molecule has 0 aliphatic carbocycles. The molecule has 0 amide bonds. The molecule has 5 rings (SSSR count). The summed E-state index contributed by atoms with van der Waals surface area (Å²) in [7, 11) is 0. The predicted octanol–water partition coefficient (Wildman–Crippen LogP) is 1.98. The predicted molar refractivity (Wildman–Crippen MR) is 96.5 cm³/mol. The Morgan fingerprint density at radius 2 is 1.89 bits per heavy atom. The lowest BCUT2D eigenvalue weighted by molar-refractivity contribution is 0.504. The second kappa shape index (κ2) is 5.99. The lowest BCUT2D eigenvalue weighted by Crippen LogP contribution is -2.31. The van der Waals surface area contributed by atoms with Crippen LogP contribution in [0.5, 0.6) is 0 Å². The first-order chi connectivity index (χ1) is 13.2. The van der Waals surface area contributed by atoms with Crippen LogP contribution in [0.25, 0.3) is 10.8 Å². The highest BCUT2D eigenvalue weighted by molar-refractivity contribution is 5.95. The number of halogens is 1. The van der Waals surface area contributed by atoms with Crippen LogP contribution < -0.4 is 16.4 Å². The topological polar surface area (TPSA) is 111 Å². The van der Waals surface area contributed by atoms with E-state index in [0.717, 1.165) is 11.3 Å². The number of hydrogen-bond acceptors (Lipinski definition) is 6. The van der Waals surface area contributed by atoms with Gasteiger partial charge in [-0.25, -0.2) is 19.9 Å². The van der Waals surface area contributed by atoms with Crippen molar-refractivity contribution < 1.29 is 4.39 Å². The molecule has 8 nitrogen and oxygen atoms in total. The lowest BCUT2D eigenvalue weighted by atomic mass is 9.88. The van der Waals surface area contributed by atoms with E-state index < -0.39 is 5.92 Å². The molecular weight excluding hydrogens is 349 g/mol. The van der Waals surface area contributed by atoms with Gasteiger partial charge in [0.1, 0.15) is 18.0 Å². The van der Waals surface area contributed by atoms with Crippen LogP contribution >= 0.6 is 0 Å². The molecule has 0 saturated heterocycles. The van der Waals surface area contributed by atoms with Crippen LogP contribution in [0.2, 0.25) is 0 Å². The van der Waals surface area contributed by atoms with Crippen LogP contribution in [0.15, 0.2) is 53.6 Å². The molecule has 27 heavy (non-hydrogen) atoms. The summed E-state index contributed by atoms with van der Waals surface area (Å²) in [6.07, 6.45) is 1.42. The molecule has 0 bridgehead atoms. The molecule has 0 radical (unpaired) electrons. The third-order valence-corrected chi connectivity index (χ3v) is 4.79. The first-order valence-corrected chi connectivity index (χ1v) is 8.36. The summed E-state index contributed by atoms with van der Waals surface area (Å²) in [4.78, 5) is 16.6. The Balaban J connectivity index is 1.79. The third kappa shape index (κ3) is 2.48. The highest BCUT2D eigenvalue weighted by Crippen LogP contribution is 2.40. The van der Waals surface area contributed by atoms with Crippen LogP contribution in [-0.2, 0) is 0 Å². The van der Waals surface area contributed by atoms with Gasteiger partial charge < -0.3 is 5.43 Å². The van der Waals surface area contributed by atoms with E-state index in [9.17, 15) is 9.18 Å². The first kappa shape index (κ1) is 15.6. The smallest absolute Gasteiger partial charge is 0.272 e. The summed E-state index contributed by atoms with van der Waals surface area (Å²) >= 11 is 0. The molecule has 2 aromatic carbocycles. The molecule has 9 heteroatoms. The van der Waals surface area contributed by atoms with E-state index in [1.165, 1.54) is 18.5 Å². The van der Waals surface area contributed by atoms with Crippen molar-refractivity contribution in [2.45, 2.75) is 12.0 Å². The molecular formula is C18H14FN7O. The van der Waals surface area contributed by atoms with E-state index in [-0.39, 0.29) is 17.4 Å². The Bertz CT molecular complexity index is 1170. The number of nitrogens with one attached hydrogen (secondary N) is 4. The average Bonchev–Trinajstić information content (AvgIpc) is 3.16. The minimum absolute atomic E-state index is 0.269. The van der Waals surface area contributed by atoms with Crippen LogP contribution in [0.4, 0.5) is 10.1 Å². The zero-order valence-electron chi connectivity index (χ0n) is 13.9. The molecule has 0 fully saturated rings. The SMILES string of the molecule is O=c1[nH]nc2c3c(cccc13)NNC(c1ccc(F)cc1)C2c1ncn[nH]1. The third-order valence-electron chi connectivity index (χ3n) is 4.79. The van der Waals surface area contributed by atoms with Crippen molar-refractivity contribution >= 4 is 16.5 Å². The van der Waals surface area contributed by atoms with Gasteiger partial charge in [0.2, 0.25) is 0 Å².